The lowest BCUT2D eigenvalue weighted by molar-refractivity contribution is 0.104. The van der Waals surface area contributed by atoms with E-state index < -0.39 is 0 Å². The van der Waals surface area contributed by atoms with E-state index in [0.29, 0.717) is 12.2 Å². The van der Waals surface area contributed by atoms with Crippen LogP contribution < -0.4 is 4.74 Å². The van der Waals surface area contributed by atoms with Gasteiger partial charge < -0.3 is 9.26 Å². The first-order valence-electron chi connectivity index (χ1n) is 8.11. The standard InChI is InChI=1S/C21H17NO3/c1-13-19(20(22-25-13)14-6-4-3-5-7-14)12-16-10-15-11-17(24-2)8-9-18(15)21(16)23/h3-9,11-12H,10H2,1-2H3/b16-12+. The van der Waals surface area contributed by atoms with Crippen molar-refractivity contribution in [3.8, 4) is 17.0 Å². The van der Waals surface area contributed by atoms with E-state index in [9.17, 15) is 4.79 Å². The molecule has 1 aliphatic rings. The molecule has 4 rings (SSSR count). The van der Waals surface area contributed by atoms with Gasteiger partial charge in [-0.1, -0.05) is 35.5 Å². The molecular formula is C21H17NO3. The average molecular weight is 331 g/mol. The summed E-state index contributed by atoms with van der Waals surface area (Å²) in [6.45, 7) is 1.86. The summed E-state index contributed by atoms with van der Waals surface area (Å²) in [5, 5.41) is 4.18. The van der Waals surface area contributed by atoms with Crippen molar-refractivity contribution in [1.82, 2.24) is 5.16 Å². The quantitative estimate of drug-likeness (QED) is 0.664. The van der Waals surface area contributed by atoms with Gasteiger partial charge in [-0.3, -0.25) is 4.79 Å². The van der Waals surface area contributed by atoms with Crippen LogP contribution in [0.3, 0.4) is 0 Å². The lowest BCUT2D eigenvalue weighted by atomic mass is 10.0. The number of Topliss-reactive ketones (excluding diaryl/α,β-unsaturated/α-hetero) is 1. The number of carbonyl (C=O) groups is 1. The summed E-state index contributed by atoms with van der Waals surface area (Å²) in [5.41, 5.74) is 5.05. The van der Waals surface area contributed by atoms with E-state index in [1.807, 2.05) is 61.5 Å². The average Bonchev–Trinajstić information content (AvgIpc) is 3.16. The molecule has 3 aromatic rings. The molecule has 0 aliphatic heterocycles. The topological polar surface area (TPSA) is 52.3 Å². The zero-order valence-electron chi connectivity index (χ0n) is 14.1. The summed E-state index contributed by atoms with van der Waals surface area (Å²) >= 11 is 0. The number of fused-ring (bicyclic) bond motifs is 1. The monoisotopic (exact) mass is 331 g/mol. The second-order valence-electron chi connectivity index (χ2n) is 6.07. The van der Waals surface area contributed by atoms with Gasteiger partial charge in [0.1, 0.15) is 17.2 Å². The summed E-state index contributed by atoms with van der Waals surface area (Å²) in [6.07, 6.45) is 2.49. The molecule has 0 radical (unpaired) electrons. The number of ketones is 1. The lowest BCUT2D eigenvalue weighted by Gasteiger charge is -2.01. The van der Waals surface area contributed by atoms with Gasteiger partial charge in [0.05, 0.1) is 7.11 Å². The molecule has 1 aromatic heterocycles. The summed E-state index contributed by atoms with van der Waals surface area (Å²) in [4.78, 5) is 12.7. The van der Waals surface area contributed by atoms with E-state index in [4.69, 9.17) is 9.26 Å². The number of rotatable bonds is 3. The number of hydrogen-bond donors (Lipinski definition) is 0. The summed E-state index contributed by atoms with van der Waals surface area (Å²) in [7, 11) is 1.63. The smallest absolute Gasteiger partial charge is 0.189 e. The molecule has 4 nitrogen and oxygen atoms in total. The highest BCUT2D eigenvalue weighted by Gasteiger charge is 2.26. The molecular weight excluding hydrogens is 314 g/mol. The minimum absolute atomic E-state index is 0.0530. The predicted octanol–water partition coefficient (Wildman–Crippen LogP) is 4.48. The van der Waals surface area contributed by atoms with E-state index in [-0.39, 0.29) is 5.78 Å². The fraction of sp³-hybridized carbons (Fsp3) is 0.143. The lowest BCUT2D eigenvalue weighted by Crippen LogP contribution is -1.96. The van der Waals surface area contributed by atoms with Crippen LogP contribution in [0.25, 0.3) is 17.3 Å². The predicted molar refractivity (Wildman–Crippen MR) is 95.7 cm³/mol. The molecule has 0 fully saturated rings. The first-order valence-corrected chi connectivity index (χ1v) is 8.11. The van der Waals surface area contributed by atoms with Crippen molar-refractivity contribution in [2.75, 3.05) is 7.11 Å². The molecule has 0 atom stereocenters. The van der Waals surface area contributed by atoms with Gasteiger partial charge in [0, 0.05) is 28.7 Å². The Morgan fingerprint density at radius 2 is 1.96 bits per heavy atom. The maximum Gasteiger partial charge on any atom is 0.189 e. The van der Waals surface area contributed by atoms with Crippen LogP contribution in [-0.4, -0.2) is 18.0 Å². The van der Waals surface area contributed by atoms with Crippen LogP contribution in [-0.2, 0) is 6.42 Å². The molecule has 1 aliphatic carbocycles. The molecule has 4 heteroatoms. The number of benzene rings is 2. The molecule has 2 aromatic carbocycles. The van der Waals surface area contributed by atoms with Crippen LogP contribution in [0.15, 0.2) is 58.6 Å². The molecule has 0 saturated heterocycles. The van der Waals surface area contributed by atoms with Crippen molar-refractivity contribution in [1.29, 1.82) is 0 Å². The largest absolute Gasteiger partial charge is 0.497 e. The Hall–Kier alpha value is -3.14. The fourth-order valence-corrected chi connectivity index (χ4v) is 3.17. The van der Waals surface area contributed by atoms with E-state index in [0.717, 1.165) is 39.3 Å². The number of aromatic nitrogens is 1. The zero-order chi connectivity index (χ0) is 17.4. The van der Waals surface area contributed by atoms with Gasteiger partial charge >= 0.3 is 0 Å². The van der Waals surface area contributed by atoms with Gasteiger partial charge in [-0.2, -0.15) is 0 Å². The Kier molecular flexibility index (Phi) is 3.73. The molecule has 0 unspecified atom stereocenters. The summed E-state index contributed by atoms with van der Waals surface area (Å²) in [6, 6.07) is 15.4. The minimum Gasteiger partial charge on any atom is -0.497 e. The first kappa shape index (κ1) is 15.4. The van der Waals surface area contributed by atoms with Crippen LogP contribution in [0.1, 0.15) is 27.2 Å². The number of hydrogen-bond acceptors (Lipinski definition) is 4. The highest BCUT2D eigenvalue weighted by Crippen LogP contribution is 2.33. The van der Waals surface area contributed by atoms with Gasteiger partial charge in [0.15, 0.2) is 5.78 Å². The molecule has 1 heterocycles. The highest BCUT2D eigenvalue weighted by molar-refractivity contribution is 6.15. The third-order valence-electron chi connectivity index (χ3n) is 4.50. The van der Waals surface area contributed by atoms with Crippen LogP contribution in [0.5, 0.6) is 5.75 Å². The van der Waals surface area contributed by atoms with Crippen LogP contribution in [0.4, 0.5) is 0 Å². The Labute approximate surface area is 145 Å². The minimum atomic E-state index is 0.0530. The molecule has 0 bridgehead atoms. The molecule has 0 amide bonds. The third-order valence-corrected chi connectivity index (χ3v) is 4.50. The Balaban J connectivity index is 1.76. The van der Waals surface area contributed by atoms with Gasteiger partial charge in [-0.15, -0.1) is 0 Å². The number of methoxy groups -OCH3 is 1. The maximum absolute atomic E-state index is 12.7. The highest BCUT2D eigenvalue weighted by atomic mass is 16.5. The van der Waals surface area contributed by atoms with Crippen LogP contribution in [0, 0.1) is 6.92 Å². The van der Waals surface area contributed by atoms with Gasteiger partial charge in [0.2, 0.25) is 0 Å². The maximum atomic E-state index is 12.7. The molecule has 0 N–H and O–H groups in total. The van der Waals surface area contributed by atoms with Crippen molar-refractivity contribution in [2.45, 2.75) is 13.3 Å². The molecule has 25 heavy (non-hydrogen) atoms. The van der Waals surface area contributed by atoms with Crippen molar-refractivity contribution < 1.29 is 14.1 Å². The molecule has 0 saturated carbocycles. The van der Waals surface area contributed by atoms with Crippen molar-refractivity contribution >= 4 is 11.9 Å². The van der Waals surface area contributed by atoms with E-state index in [2.05, 4.69) is 5.16 Å². The number of aryl methyl sites for hydroxylation is 1. The zero-order valence-corrected chi connectivity index (χ0v) is 14.1. The number of allylic oxidation sites excluding steroid dienone is 1. The van der Waals surface area contributed by atoms with E-state index in [1.165, 1.54) is 0 Å². The third kappa shape index (κ3) is 2.66. The van der Waals surface area contributed by atoms with Crippen molar-refractivity contribution in [3.63, 3.8) is 0 Å². The van der Waals surface area contributed by atoms with E-state index >= 15 is 0 Å². The Morgan fingerprint density at radius 1 is 1.16 bits per heavy atom. The number of ether oxygens (including phenoxy) is 1. The van der Waals surface area contributed by atoms with Crippen LogP contribution in [0.2, 0.25) is 0 Å². The Morgan fingerprint density at radius 3 is 2.72 bits per heavy atom. The second-order valence-corrected chi connectivity index (χ2v) is 6.07. The number of nitrogens with zero attached hydrogens (tertiary/aromatic N) is 1. The van der Waals surface area contributed by atoms with Crippen molar-refractivity contribution in [3.05, 3.63) is 76.6 Å². The Bertz CT molecular complexity index is 984. The second kappa shape index (κ2) is 6.06. The normalized spacial score (nSPS) is 14.8. The van der Waals surface area contributed by atoms with Crippen molar-refractivity contribution in [2.24, 2.45) is 0 Å². The van der Waals surface area contributed by atoms with E-state index in [1.54, 1.807) is 7.11 Å². The van der Waals surface area contributed by atoms with Gasteiger partial charge in [-0.05, 0) is 36.8 Å². The summed E-state index contributed by atoms with van der Waals surface area (Å²) < 4.78 is 10.6. The summed E-state index contributed by atoms with van der Waals surface area (Å²) in [5.74, 6) is 1.52. The van der Waals surface area contributed by atoms with Gasteiger partial charge in [0.25, 0.3) is 0 Å². The first-order chi connectivity index (χ1) is 12.2. The number of carbonyl (C=O) groups excluding carboxylic acids is 1. The fourth-order valence-electron chi connectivity index (χ4n) is 3.17. The van der Waals surface area contributed by atoms with Gasteiger partial charge in [-0.25, -0.2) is 0 Å². The molecule has 0 spiro atoms. The SMILES string of the molecule is COc1ccc2c(c1)C/C(=C\c1c(-c3ccccc3)noc1C)C2=O. The van der Waals surface area contributed by atoms with Crippen LogP contribution >= 0.6 is 0 Å². The molecule has 124 valence electrons.